The fraction of sp³-hybridized carbons (Fsp3) is 0.143. The molecule has 1 aromatic heterocycles. The highest BCUT2D eigenvalue weighted by atomic mass is 79.9. The molecule has 28 heavy (non-hydrogen) atoms. The molecule has 0 unspecified atom stereocenters. The number of methoxy groups -OCH3 is 1. The maximum absolute atomic E-state index is 12.5. The van der Waals surface area contributed by atoms with Gasteiger partial charge in [-0.25, -0.2) is 4.79 Å². The fourth-order valence-electron chi connectivity index (χ4n) is 3.43. The number of nitrogens with one attached hydrogen (secondary N) is 1. The number of rotatable bonds is 4. The van der Waals surface area contributed by atoms with E-state index in [1.807, 2.05) is 36.4 Å². The summed E-state index contributed by atoms with van der Waals surface area (Å²) in [6.07, 6.45) is 0.288. The molecule has 1 aliphatic heterocycles. The molecule has 7 heteroatoms. The number of ether oxygens (including phenoxy) is 1. The average Bonchev–Trinajstić information content (AvgIpc) is 3.07. The number of aromatic carboxylic acids is 1. The van der Waals surface area contributed by atoms with Crippen LogP contribution >= 0.6 is 27.3 Å². The molecule has 0 aliphatic carbocycles. The molecule has 0 spiro atoms. The highest BCUT2D eigenvalue weighted by molar-refractivity contribution is 9.10. The summed E-state index contributed by atoms with van der Waals surface area (Å²) in [7, 11) is 1.58. The van der Waals surface area contributed by atoms with Gasteiger partial charge in [0.1, 0.15) is 10.6 Å². The van der Waals surface area contributed by atoms with Crippen LogP contribution in [0.2, 0.25) is 0 Å². The van der Waals surface area contributed by atoms with Crippen molar-refractivity contribution in [1.82, 2.24) is 0 Å². The van der Waals surface area contributed by atoms with Crippen molar-refractivity contribution < 1.29 is 19.4 Å². The van der Waals surface area contributed by atoms with Crippen LogP contribution in [0.3, 0.4) is 0 Å². The van der Waals surface area contributed by atoms with Crippen molar-refractivity contribution in [2.75, 3.05) is 12.4 Å². The predicted octanol–water partition coefficient (Wildman–Crippen LogP) is 5.36. The van der Waals surface area contributed by atoms with Gasteiger partial charge in [0, 0.05) is 27.3 Å². The molecule has 3 aromatic rings. The molecule has 0 saturated heterocycles. The summed E-state index contributed by atoms with van der Waals surface area (Å²) in [5.74, 6) is -0.618. The van der Waals surface area contributed by atoms with E-state index in [1.54, 1.807) is 19.2 Å². The third kappa shape index (κ3) is 3.31. The second kappa shape index (κ2) is 7.41. The smallest absolute Gasteiger partial charge is 0.346 e. The molecule has 0 bridgehead atoms. The fourth-order valence-corrected chi connectivity index (χ4v) is 4.95. The van der Waals surface area contributed by atoms with Crippen molar-refractivity contribution in [3.8, 4) is 16.9 Å². The molecule has 1 aliphatic rings. The zero-order valence-electron chi connectivity index (χ0n) is 14.9. The van der Waals surface area contributed by atoms with Crippen molar-refractivity contribution in [2.24, 2.45) is 0 Å². The number of hydrogen-bond donors (Lipinski definition) is 2. The van der Waals surface area contributed by atoms with Crippen LogP contribution in [0.4, 0.5) is 5.69 Å². The van der Waals surface area contributed by atoms with Crippen LogP contribution in [0.1, 0.15) is 32.5 Å². The number of carbonyl (C=O) groups excluding carboxylic acids is 1. The lowest BCUT2D eigenvalue weighted by Crippen LogP contribution is -2.22. The predicted molar refractivity (Wildman–Crippen MR) is 112 cm³/mol. The van der Waals surface area contributed by atoms with Gasteiger partial charge in [0.15, 0.2) is 0 Å². The van der Waals surface area contributed by atoms with Gasteiger partial charge < -0.3 is 15.2 Å². The van der Waals surface area contributed by atoms with E-state index in [4.69, 9.17) is 4.74 Å². The van der Waals surface area contributed by atoms with Crippen LogP contribution in [-0.2, 0) is 4.79 Å². The molecule has 2 aromatic carbocycles. The Labute approximate surface area is 174 Å². The molecule has 0 radical (unpaired) electrons. The van der Waals surface area contributed by atoms with Gasteiger partial charge in [0.25, 0.3) is 0 Å². The van der Waals surface area contributed by atoms with E-state index in [0.29, 0.717) is 17.0 Å². The zero-order chi connectivity index (χ0) is 19.8. The highest BCUT2D eigenvalue weighted by Gasteiger charge is 2.34. The van der Waals surface area contributed by atoms with Crippen molar-refractivity contribution >= 4 is 44.8 Å². The summed E-state index contributed by atoms with van der Waals surface area (Å²) in [6, 6.07) is 15.0. The lowest BCUT2D eigenvalue weighted by atomic mass is 9.89. The average molecular weight is 458 g/mol. The standard InChI is InChI=1S/C21H16BrNO4S/c1-27-14-8-4-12(5-9-14)17-18-19(28-20(17)21(25)26)15(10-16(24)23-18)11-2-6-13(22)7-3-11/h2-9,15H,10H2,1H3,(H,23,24)(H,25,26)/t15-/m0/s1. The Morgan fingerprint density at radius 1 is 1.18 bits per heavy atom. The van der Waals surface area contributed by atoms with Gasteiger partial charge in [0.05, 0.1) is 12.8 Å². The molecule has 2 heterocycles. The van der Waals surface area contributed by atoms with Crippen LogP contribution in [0, 0.1) is 0 Å². The normalized spacial score (nSPS) is 15.6. The molecular formula is C21H16BrNO4S. The Morgan fingerprint density at radius 2 is 1.86 bits per heavy atom. The summed E-state index contributed by atoms with van der Waals surface area (Å²) >= 11 is 4.65. The second-order valence-corrected chi connectivity index (χ2v) is 8.40. The van der Waals surface area contributed by atoms with Gasteiger partial charge in [-0.05, 0) is 35.4 Å². The minimum Gasteiger partial charge on any atom is -0.497 e. The van der Waals surface area contributed by atoms with Gasteiger partial charge in [0.2, 0.25) is 5.91 Å². The summed E-state index contributed by atoms with van der Waals surface area (Å²) in [5.41, 5.74) is 2.85. The number of carboxylic acid groups (broad SMARTS) is 1. The number of carbonyl (C=O) groups is 2. The van der Waals surface area contributed by atoms with Crippen LogP contribution < -0.4 is 10.1 Å². The molecule has 0 fully saturated rings. The minimum atomic E-state index is -1.01. The highest BCUT2D eigenvalue weighted by Crippen LogP contribution is 2.49. The topological polar surface area (TPSA) is 75.6 Å². The lowest BCUT2D eigenvalue weighted by Gasteiger charge is -2.24. The first-order valence-electron chi connectivity index (χ1n) is 8.57. The number of carboxylic acids is 1. The third-order valence-electron chi connectivity index (χ3n) is 4.75. The van der Waals surface area contributed by atoms with E-state index in [-0.39, 0.29) is 23.1 Å². The molecule has 1 atom stereocenters. The molecule has 5 nitrogen and oxygen atoms in total. The molecule has 0 saturated carbocycles. The number of halogens is 1. The largest absolute Gasteiger partial charge is 0.497 e. The molecule has 2 N–H and O–H groups in total. The zero-order valence-corrected chi connectivity index (χ0v) is 17.3. The van der Waals surface area contributed by atoms with Crippen LogP contribution in [0.5, 0.6) is 5.75 Å². The molecular weight excluding hydrogens is 442 g/mol. The van der Waals surface area contributed by atoms with E-state index in [0.717, 1.165) is 20.5 Å². The van der Waals surface area contributed by atoms with E-state index in [9.17, 15) is 14.7 Å². The van der Waals surface area contributed by atoms with Crippen LogP contribution in [0.25, 0.3) is 11.1 Å². The monoisotopic (exact) mass is 457 g/mol. The summed E-state index contributed by atoms with van der Waals surface area (Å²) in [5, 5.41) is 12.7. The number of anilines is 1. The van der Waals surface area contributed by atoms with Gasteiger partial charge in [-0.1, -0.05) is 40.2 Å². The molecule has 1 amide bonds. The maximum Gasteiger partial charge on any atom is 0.346 e. The number of hydrogen-bond acceptors (Lipinski definition) is 4. The lowest BCUT2D eigenvalue weighted by molar-refractivity contribution is -0.116. The Balaban J connectivity index is 1.89. The van der Waals surface area contributed by atoms with Crippen molar-refractivity contribution in [3.05, 3.63) is 68.3 Å². The Bertz CT molecular complexity index is 1060. The van der Waals surface area contributed by atoms with Gasteiger partial charge in [-0.15, -0.1) is 11.3 Å². The molecule has 4 rings (SSSR count). The maximum atomic E-state index is 12.5. The number of fused-ring (bicyclic) bond motifs is 1. The Hall–Kier alpha value is -2.64. The van der Waals surface area contributed by atoms with Crippen molar-refractivity contribution in [3.63, 3.8) is 0 Å². The number of benzene rings is 2. The number of amides is 1. The van der Waals surface area contributed by atoms with Crippen molar-refractivity contribution in [2.45, 2.75) is 12.3 Å². The molecule has 142 valence electrons. The van der Waals surface area contributed by atoms with E-state index >= 15 is 0 Å². The first-order chi connectivity index (χ1) is 13.5. The number of thiophene rings is 1. The summed E-state index contributed by atoms with van der Waals surface area (Å²) in [4.78, 5) is 25.5. The SMILES string of the molecule is COc1ccc(-c2c(C(=O)O)sc3c2NC(=O)C[C@H]3c2ccc(Br)cc2)cc1. The third-order valence-corrected chi connectivity index (χ3v) is 6.57. The van der Waals surface area contributed by atoms with Crippen molar-refractivity contribution in [1.29, 1.82) is 0 Å². The van der Waals surface area contributed by atoms with Crippen LogP contribution in [0.15, 0.2) is 53.0 Å². The quantitative estimate of drug-likeness (QED) is 0.552. The van der Waals surface area contributed by atoms with Gasteiger partial charge in [-0.2, -0.15) is 0 Å². The van der Waals surface area contributed by atoms with Crippen LogP contribution in [-0.4, -0.2) is 24.1 Å². The summed E-state index contributed by atoms with van der Waals surface area (Å²) in [6.45, 7) is 0. The second-order valence-electron chi connectivity index (χ2n) is 6.44. The van der Waals surface area contributed by atoms with Gasteiger partial charge in [-0.3, -0.25) is 4.79 Å². The first kappa shape index (κ1) is 18.7. The van der Waals surface area contributed by atoms with E-state index < -0.39 is 5.97 Å². The Morgan fingerprint density at radius 3 is 2.46 bits per heavy atom. The Kier molecular flexibility index (Phi) is 4.95. The van der Waals surface area contributed by atoms with E-state index in [1.165, 1.54) is 11.3 Å². The first-order valence-corrected chi connectivity index (χ1v) is 10.2. The minimum absolute atomic E-state index is 0.120. The van der Waals surface area contributed by atoms with E-state index in [2.05, 4.69) is 21.2 Å². The summed E-state index contributed by atoms with van der Waals surface area (Å²) < 4.78 is 6.14. The van der Waals surface area contributed by atoms with Gasteiger partial charge >= 0.3 is 5.97 Å².